The zero-order valence-electron chi connectivity index (χ0n) is 13.1. The highest BCUT2D eigenvalue weighted by molar-refractivity contribution is 6.04. The molecule has 0 aliphatic carbocycles. The average molecular weight is 287 g/mol. The Morgan fingerprint density at radius 3 is 2.57 bits per heavy atom. The number of carbonyl (C=O) groups excluding carboxylic acids is 1. The first-order valence-corrected chi connectivity index (χ1v) is 6.78. The van der Waals surface area contributed by atoms with Gasteiger partial charge in [-0.05, 0) is 12.1 Å². The Labute approximate surface area is 124 Å². The maximum atomic E-state index is 12.2. The second-order valence-electron chi connectivity index (χ2n) is 6.17. The van der Waals surface area contributed by atoms with Gasteiger partial charge < -0.3 is 10.2 Å². The van der Waals surface area contributed by atoms with Crippen molar-refractivity contribution in [1.82, 2.24) is 15.2 Å². The molecule has 0 bridgehead atoms. The highest BCUT2D eigenvalue weighted by Crippen LogP contribution is 2.22. The summed E-state index contributed by atoms with van der Waals surface area (Å²) in [4.78, 5) is 18.3. The molecule has 1 amide bonds. The lowest BCUT2D eigenvalue weighted by Crippen LogP contribution is -2.15. The molecule has 2 heterocycles. The fourth-order valence-electron chi connectivity index (χ4n) is 1.76. The van der Waals surface area contributed by atoms with Crippen LogP contribution in [0.5, 0.6) is 0 Å². The van der Waals surface area contributed by atoms with E-state index in [1.54, 1.807) is 18.3 Å². The minimum atomic E-state index is -0.201. The number of H-pyrrole nitrogens is 1. The maximum absolute atomic E-state index is 12.2. The van der Waals surface area contributed by atoms with Gasteiger partial charge >= 0.3 is 0 Å². The zero-order chi connectivity index (χ0) is 15.6. The second kappa shape index (κ2) is 5.55. The maximum Gasteiger partial charge on any atom is 0.257 e. The molecule has 0 atom stereocenters. The number of hydrogen-bond acceptors (Lipinski definition) is 4. The van der Waals surface area contributed by atoms with E-state index in [2.05, 4.69) is 41.3 Å². The van der Waals surface area contributed by atoms with E-state index in [1.807, 2.05) is 25.1 Å². The summed E-state index contributed by atoms with van der Waals surface area (Å²) in [6.45, 7) is 6.25. The molecule has 0 aromatic carbocycles. The van der Waals surface area contributed by atoms with Crippen LogP contribution < -0.4 is 10.2 Å². The lowest BCUT2D eigenvalue weighted by atomic mass is 9.92. The molecule has 2 N–H and O–H groups in total. The third-order valence-electron chi connectivity index (χ3n) is 3.09. The standard InChI is InChI=1S/C15H21N5O/c1-15(2,3)11-9-12(19-18-11)17-14(21)10-6-7-16-13(8-10)20(4)5/h6-9H,1-5H3,(H2,17,18,19,21). The van der Waals surface area contributed by atoms with Crippen LogP contribution in [0.3, 0.4) is 0 Å². The number of nitrogens with one attached hydrogen (secondary N) is 2. The van der Waals surface area contributed by atoms with Gasteiger partial charge in [0.15, 0.2) is 5.82 Å². The monoisotopic (exact) mass is 287 g/mol. The smallest absolute Gasteiger partial charge is 0.257 e. The molecule has 0 fully saturated rings. The van der Waals surface area contributed by atoms with Gasteiger partial charge in [-0.3, -0.25) is 9.89 Å². The SMILES string of the molecule is CN(C)c1cc(C(=O)Nc2cc(C(C)(C)C)[nH]n2)ccn1. The molecule has 0 radical (unpaired) electrons. The number of rotatable bonds is 3. The molecule has 2 rings (SSSR count). The molecule has 2 aromatic rings. The van der Waals surface area contributed by atoms with E-state index < -0.39 is 0 Å². The van der Waals surface area contributed by atoms with Gasteiger partial charge in [0.05, 0.1) is 0 Å². The zero-order valence-corrected chi connectivity index (χ0v) is 13.1. The Kier molecular flexibility index (Phi) is 3.97. The lowest BCUT2D eigenvalue weighted by Gasteiger charge is -2.14. The fraction of sp³-hybridized carbons (Fsp3) is 0.400. The van der Waals surface area contributed by atoms with Crippen molar-refractivity contribution in [1.29, 1.82) is 0 Å². The van der Waals surface area contributed by atoms with Gasteiger partial charge in [-0.2, -0.15) is 5.10 Å². The van der Waals surface area contributed by atoms with Crippen LogP contribution in [0.25, 0.3) is 0 Å². The van der Waals surface area contributed by atoms with Crippen LogP contribution >= 0.6 is 0 Å². The molecule has 21 heavy (non-hydrogen) atoms. The highest BCUT2D eigenvalue weighted by Gasteiger charge is 2.17. The number of carbonyl (C=O) groups is 1. The Balaban J connectivity index is 2.15. The van der Waals surface area contributed by atoms with Gasteiger partial charge in [-0.1, -0.05) is 20.8 Å². The molecule has 0 saturated carbocycles. The molecule has 6 heteroatoms. The van der Waals surface area contributed by atoms with Crippen molar-refractivity contribution in [3.8, 4) is 0 Å². The largest absolute Gasteiger partial charge is 0.363 e. The van der Waals surface area contributed by atoms with E-state index in [9.17, 15) is 4.79 Å². The van der Waals surface area contributed by atoms with Crippen LogP contribution in [-0.2, 0) is 5.41 Å². The molecular formula is C15H21N5O. The molecule has 0 spiro atoms. The summed E-state index contributed by atoms with van der Waals surface area (Å²) in [5.74, 6) is 1.06. The van der Waals surface area contributed by atoms with Gasteiger partial charge in [0.1, 0.15) is 5.82 Å². The topological polar surface area (TPSA) is 73.9 Å². The van der Waals surface area contributed by atoms with Crippen LogP contribution in [0, 0.1) is 0 Å². The summed E-state index contributed by atoms with van der Waals surface area (Å²) in [7, 11) is 3.76. The van der Waals surface area contributed by atoms with E-state index >= 15 is 0 Å². The van der Waals surface area contributed by atoms with Crippen molar-refractivity contribution >= 4 is 17.5 Å². The number of hydrogen-bond donors (Lipinski definition) is 2. The van der Waals surface area contributed by atoms with Gasteiger partial charge in [-0.25, -0.2) is 4.98 Å². The summed E-state index contributed by atoms with van der Waals surface area (Å²) >= 11 is 0. The number of amides is 1. The predicted molar refractivity (Wildman–Crippen MR) is 83.8 cm³/mol. The van der Waals surface area contributed by atoms with E-state index in [0.29, 0.717) is 11.4 Å². The van der Waals surface area contributed by atoms with Crippen molar-refractivity contribution in [2.45, 2.75) is 26.2 Å². The second-order valence-corrected chi connectivity index (χ2v) is 6.17. The number of anilines is 2. The predicted octanol–water partition coefficient (Wildman–Crippen LogP) is 2.42. The minimum absolute atomic E-state index is 0.0370. The lowest BCUT2D eigenvalue weighted by molar-refractivity contribution is 0.102. The Morgan fingerprint density at radius 2 is 2.00 bits per heavy atom. The average Bonchev–Trinajstić information content (AvgIpc) is 2.87. The van der Waals surface area contributed by atoms with Crippen LogP contribution in [-0.4, -0.2) is 35.2 Å². The number of aromatic nitrogens is 3. The van der Waals surface area contributed by atoms with Crippen LogP contribution in [0.2, 0.25) is 0 Å². The number of nitrogens with zero attached hydrogens (tertiary/aromatic N) is 3. The molecule has 2 aromatic heterocycles. The highest BCUT2D eigenvalue weighted by atomic mass is 16.1. The molecule has 0 unspecified atom stereocenters. The molecule has 0 aliphatic heterocycles. The number of pyridine rings is 1. The van der Waals surface area contributed by atoms with E-state index in [-0.39, 0.29) is 11.3 Å². The Bertz CT molecular complexity index is 640. The first-order chi connectivity index (χ1) is 9.77. The van der Waals surface area contributed by atoms with Gasteiger partial charge in [-0.15, -0.1) is 0 Å². The van der Waals surface area contributed by atoms with Crippen LogP contribution in [0.1, 0.15) is 36.8 Å². The van der Waals surface area contributed by atoms with E-state index in [0.717, 1.165) is 11.5 Å². The molecule has 0 aliphatic rings. The first kappa shape index (κ1) is 15.0. The summed E-state index contributed by atoms with van der Waals surface area (Å²) in [5.41, 5.74) is 1.49. The normalized spacial score (nSPS) is 11.3. The summed E-state index contributed by atoms with van der Waals surface area (Å²) in [5, 5.41) is 9.86. The van der Waals surface area contributed by atoms with Gasteiger partial charge in [0.2, 0.25) is 0 Å². The molecule has 6 nitrogen and oxygen atoms in total. The third kappa shape index (κ3) is 3.59. The summed E-state index contributed by atoms with van der Waals surface area (Å²) in [6.07, 6.45) is 1.62. The Morgan fingerprint density at radius 1 is 1.29 bits per heavy atom. The van der Waals surface area contributed by atoms with Crippen LogP contribution in [0.4, 0.5) is 11.6 Å². The first-order valence-electron chi connectivity index (χ1n) is 6.78. The van der Waals surface area contributed by atoms with Crippen LogP contribution in [0.15, 0.2) is 24.4 Å². The summed E-state index contributed by atoms with van der Waals surface area (Å²) in [6, 6.07) is 5.28. The van der Waals surface area contributed by atoms with Gasteiger partial charge in [0, 0.05) is 43.0 Å². The van der Waals surface area contributed by atoms with Crippen molar-refractivity contribution < 1.29 is 4.79 Å². The summed E-state index contributed by atoms with van der Waals surface area (Å²) < 4.78 is 0. The van der Waals surface area contributed by atoms with E-state index in [1.165, 1.54) is 0 Å². The van der Waals surface area contributed by atoms with Crippen molar-refractivity contribution in [2.75, 3.05) is 24.3 Å². The van der Waals surface area contributed by atoms with Crippen molar-refractivity contribution in [3.63, 3.8) is 0 Å². The van der Waals surface area contributed by atoms with E-state index in [4.69, 9.17) is 0 Å². The minimum Gasteiger partial charge on any atom is -0.363 e. The Hall–Kier alpha value is -2.37. The molecular weight excluding hydrogens is 266 g/mol. The number of aromatic amines is 1. The van der Waals surface area contributed by atoms with Crippen molar-refractivity contribution in [2.24, 2.45) is 0 Å². The van der Waals surface area contributed by atoms with Crippen molar-refractivity contribution in [3.05, 3.63) is 35.7 Å². The quantitative estimate of drug-likeness (QED) is 0.909. The third-order valence-corrected chi connectivity index (χ3v) is 3.09. The van der Waals surface area contributed by atoms with Gasteiger partial charge in [0.25, 0.3) is 5.91 Å². The molecule has 0 saturated heterocycles. The molecule has 112 valence electrons. The fourth-order valence-corrected chi connectivity index (χ4v) is 1.76.